The summed E-state index contributed by atoms with van der Waals surface area (Å²) in [6.45, 7) is 8.47. The average molecular weight is 229 g/mol. The molecule has 1 aromatic rings. The lowest BCUT2D eigenvalue weighted by Crippen LogP contribution is -2.20. The van der Waals surface area contributed by atoms with Crippen molar-refractivity contribution >= 4 is 5.69 Å². The fraction of sp³-hybridized carbons (Fsp3) is 0.429. The number of hydrogen-bond donors (Lipinski definition) is 0. The van der Waals surface area contributed by atoms with E-state index in [-0.39, 0.29) is 0 Å². The van der Waals surface area contributed by atoms with Gasteiger partial charge in [0.1, 0.15) is 6.07 Å². The monoisotopic (exact) mass is 229 g/mol. The molecule has 0 aliphatic heterocycles. The maximum absolute atomic E-state index is 9.18. The molecule has 0 amide bonds. The number of aromatic nitrogens is 1. The van der Waals surface area contributed by atoms with Gasteiger partial charge in [-0.15, -0.1) is 6.58 Å². The fourth-order valence-electron chi connectivity index (χ4n) is 1.84. The van der Waals surface area contributed by atoms with Crippen molar-refractivity contribution in [1.82, 2.24) is 4.98 Å². The van der Waals surface area contributed by atoms with E-state index >= 15 is 0 Å². The summed E-state index contributed by atoms with van der Waals surface area (Å²) in [7, 11) is 2.01. The first-order valence-electron chi connectivity index (χ1n) is 5.80. The van der Waals surface area contributed by atoms with Gasteiger partial charge in [-0.2, -0.15) is 5.26 Å². The zero-order valence-corrected chi connectivity index (χ0v) is 10.8. The number of rotatable bonds is 5. The van der Waals surface area contributed by atoms with Gasteiger partial charge in [0, 0.05) is 19.3 Å². The van der Waals surface area contributed by atoms with Crippen LogP contribution in [0.2, 0.25) is 0 Å². The highest BCUT2D eigenvalue weighted by Gasteiger charge is 2.11. The van der Waals surface area contributed by atoms with Crippen molar-refractivity contribution < 1.29 is 0 Å². The molecule has 3 nitrogen and oxygen atoms in total. The number of nitrogens with zero attached hydrogens (tertiary/aromatic N) is 3. The van der Waals surface area contributed by atoms with Gasteiger partial charge in [-0.25, -0.2) is 0 Å². The molecular weight excluding hydrogens is 210 g/mol. The van der Waals surface area contributed by atoms with Crippen LogP contribution in [0.5, 0.6) is 0 Å². The van der Waals surface area contributed by atoms with Crippen LogP contribution in [0.3, 0.4) is 0 Å². The number of aryl methyl sites for hydroxylation is 2. The highest BCUT2D eigenvalue weighted by molar-refractivity contribution is 5.61. The van der Waals surface area contributed by atoms with Crippen molar-refractivity contribution in [3.8, 4) is 6.07 Å². The largest absolute Gasteiger partial charge is 0.373 e. The number of anilines is 1. The zero-order chi connectivity index (χ0) is 12.8. The highest BCUT2D eigenvalue weighted by Crippen LogP contribution is 2.22. The van der Waals surface area contributed by atoms with Gasteiger partial charge >= 0.3 is 0 Å². The minimum Gasteiger partial charge on any atom is -0.373 e. The molecule has 17 heavy (non-hydrogen) atoms. The first-order chi connectivity index (χ1) is 8.10. The third-order valence-corrected chi connectivity index (χ3v) is 2.73. The van der Waals surface area contributed by atoms with Crippen LogP contribution in [0, 0.1) is 25.2 Å². The summed E-state index contributed by atoms with van der Waals surface area (Å²) in [6, 6.07) is 4.21. The predicted octanol–water partition coefficient (Wildman–Crippen LogP) is 2.97. The van der Waals surface area contributed by atoms with Gasteiger partial charge in [0.05, 0.1) is 16.9 Å². The van der Waals surface area contributed by atoms with Crippen molar-refractivity contribution in [2.75, 3.05) is 18.5 Å². The molecular formula is C14H19N3. The second-order valence-corrected chi connectivity index (χ2v) is 4.21. The molecule has 0 radical (unpaired) electrons. The van der Waals surface area contributed by atoms with Gasteiger partial charge in [-0.05, 0) is 32.8 Å². The van der Waals surface area contributed by atoms with E-state index in [0.29, 0.717) is 5.56 Å². The summed E-state index contributed by atoms with van der Waals surface area (Å²) >= 11 is 0. The summed E-state index contributed by atoms with van der Waals surface area (Å²) in [5.41, 5.74) is 3.41. The van der Waals surface area contributed by atoms with Crippen LogP contribution in [-0.2, 0) is 0 Å². The van der Waals surface area contributed by atoms with Crippen LogP contribution >= 0.6 is 0 Å². The van der Waals surface area contributed by atoms with Gasteiger partial charge in [0.2, 0.25) is 0 Å². The molecule has 1 heterocycles. The van der Waals surface area contributed by atoms with E-state index in [1.54, 1.807) is 0 Å². The fourth-order valence-corrected chi connectivity index (χ4v) is 1.84. The lowest BCUT2D eigenvalue weighted by molar-refractivity contribution is 0.799. The van der Waals surface area contributed by atoms with Crippen molar-refractivity contribution in [1.29, 1.82) is 5.26 Å². The maximum Gasteiger partial charge on any atom is 0.103 e. The third kappa shape index (κ3) is 3.32. The minimum absolute atomic E-state index is 0.678. The van der Waals surface area contributed by atoms with Crippen molar-refractivity contribution in [3.05, 3.63) is 35.7 Å². The van der Waals surface area contributed by atoms with Crippen LogP contribution in [0.25, 0.3) is 0 Å². The quantitative estimate of drug-likeness (QED) is 0.575. The zero-order valence-electron chi connectivity index (χ0n) is 10.8. The first kappa shape index (κ1) is 13.2. The number of pyridine rings is 1. The SMILES string of the molecule is C=CCCCN(C)c1cc(C)nc(C)c1C#N. The molecule has 0 bridgehead atoms. The van der Waals surface area contributed by atoms with Crippen molar-refractivity contribution in [3.63, 3.8) is 0 Å². The lowest BCUT2D eigenvalue weighted by Gasteiger charge is -2.21. The Bertz CT molecular complexity index is 444. The Kier molecular flexibility index (Phi) is 4.71. The van der Waals surface area contributed by atoms with Gasteiger partial charge < -0.3 is 4.90 Å². The molecule has 0 aliphatic carbocycles. The van der Waals surface area contributed by atoms with Gasteiger partial charge in [0.15, 0.2) is 0 Å². The number of nitriles is 1. The summed E-state index contributed by atoms with van der Waals surface area (Å²) in [4.78, 5) is 6.43. The smallest absolute Gasteiger partial charge is 0.103 e. The Labute approximate surface area is 103 Å². The Balaban J connectivity index is 2.96. The summed E-state index contributed by atoms with van der Waals surface area (Å²) in [5, 5.41) is 9.18. The summed E-state index contributed by atoms with van der Waals surface area (Å²) in [5.74, 6) is 0. The van der Waals surface area contributed by atoms with Gasteiger partial charge in [-0.3, -0.25) is 4.98 Å². The topological polar surface area (TPSA) is 39.9 Å². The molecule has 0 saturated carbocycles. The van der Waals surface area contributed by atoms with Crippen LogP contribution in [0.4, 0.5) is 5.69 Å². The second-order valence-electron chi connectivity index (χ2n) is 4.21. The molecule has 0 unspecified atom stereocenters. The summed E-state index contributed by atoms with van der Waals surface area (Å²) in [6.07, 6.45) is 3.96. The number of hydrogen-bond acceptors (Lipinski definition) is 3. The van der Waals surface area contributed by atoms with Crippen LogP contribution in [-0.4, -0.2) is 18.6 Å². The van der Waals surface area contributed by atoms with Gasteiger partial charge in [-0.1, -0.05) is 6.08 Å². The van der Waals surface area contributed by atoms with Crippen LogP contribution in [0.15, 0.2) is 18.7 Å². The maximum atomic E-state index is 9.18. The molecule has 90 valence electrons. The highest BCUT2D eigenvalue weighted by atomic mass is 15.1. The molecule has 1 rings (SSSR count). The molecule has 0 spiro atoms. The molecule has 0 atom stereocenters. The Hall–Kier alpha value is -1.82. The van der Waals surface area contributed by atoms with E-state index in [2.05, 4.69) is 22.5 Å². The average Bonchev–Trinajstić information content (AvgIpc) is 2.28. The van der Waals surface area contributed by atoms with E-state index < -0.39 is 0 Å². The molecule has 1 aromatic heterocycles. The molecule has 0 aliphatic rings. The number of allylic oxidation sites excluding steroid dienone is 1. The van der Waals surface area contributed by atoms with Crippen molar-refractivity contribution in [2.45, 2.75) is 26.7 Å². The van der Waals surface area contributed by atoms with Crippen LogP contribution < -0.4 is 4.90 Å². The Morgan fingerprint density at radius 3 is 2.82 bits per heavy atom. The molecule has 0 N–H and O–H groups in total. The molecule has 0 saturated heterocycles. The molecule has 0 aromatic carbocycles. The molecule has 0 fully saturated rings. The van der Waals surface area contributed by atoms with Crippen molar-refractivity contribution in [2.24, 2.45) is 0 Å². The predicted molar refractivity (Wildman–Crippen MR) is 71.1 cm³/mol. The lowest BCUT2D eigenvalue weighted by atomic mass is 10.1. The minimum atomic E-state index is 0.678. The van der Waals surface area contributed by atoms with Gasteiger partial charge in [0.25, 0.3) is 0 Å². The molecule has 3 heteroatoms. The summed E-state index contributed by atoms with van der Waals surface area (Å²) < 4.78 is 0. The first-order valence-corrected chi connectivity index (χ1v) is 5.80. The van der Waals surface area contributed by atoms with E-state index in [0.717, 1.165) is 36.5 Å². The number of unbranched alkanes of at least 4 members (excludes halogenated alkanes) is 1. The standard InChI is InChI=1S/C14H19N3/c1-5-6-7-8-17(4)14-9-11(2)16-12(3)13(14)10-15/h5,9H,1,6-8H2,2-4H3. The Morgan fingerprint density at radius 1 is 1.53 bits per heavy atom. The van der Waals surface area contributed by atoms with E-state index in [1.807, 2.05) is 33.0 Å². The van der Waals surface area contributed by atoms with E-state index in [9.17, 15) is 5.26 Å². The normalized spacial score (nSPS) is 9.76. The third-order valence-electron chi connectivity index (χ3n) is 2.73. The van der Waals surface area contributed by atoms with E-state index in [1.165, 1.54) is 0 Å². The van der Waals surface area contributed by atoms with E-state index in [4.69, 9.17) is 0 Å². The Morgan fingerprint density at radius 2 is 2.24 bits per heavy atom. The van der Waals surface area contributed by atoms with Crippen LogP contribution in [0.1, 0.15) is 29.8 Å². The second kappa shape index (κ2) is 6.05.